The molecule has 0 radical (unpaired) electrons. The third-order valence-electron chi connectivity index (χ3n) is 4.54. The molecule has 4 rings (SSSR count). The molecule has 1 aliphatic heterocycles. The van der Waals surface area contributed by atoms with Crippen LogP contribution in [0.15, 0.2) is 72.8 Å². The molecule has 1 aliphatic rings. The normalized spacial score (nSPS) is 15.8. The van der Waals surface area contributed by atoms with Gasteiger partial charge in [0.05, 0.1) is 31.0 Å². The van der Waals surface area contributed by atoms with Crippen LogP contribution in [0.4, 0.5) is 5.69 Å². The molecule has 29 heavy (non-hydrogen) atoms. The first-order chi connectivity index (χ1) is 14.2. The predicted octanol–water partition coefficient (Wildman–Crippen LogP) is 4.22. The molecule has 1 fully saturated rings. The van der Waals surface area contributed by atoms with Gasteiger partial charge in [-0.15, -0.1) is 0 Å². The van der Waals surface area contributed by atoms with Crippen molar-refractivity contribution < 1.29 is 18.7 Å². The zero-order valence-corrected chi connectivity index (χ0v) is 15.7. The summed E-state index contributed by atoms with van der Waals surface area (Å²) in [5.74, 6) is 1.26. The van der Waals surface area contributed by atoms with Crippen LogP contribution in [-0.4, -0.2) is 13.9 Å². The van der Waals surface area contributed by atoms with Gasteiger partial charge in [-0.1, -0.05) is 30.3 Å². The summed E-state index contributed by atoms with van der Waals surface area (Å²) in [5, 5.41) is 8.88. The Morgan fingerprint density at radius 1 is 1.03 bits per heavy atom. The monoisotopic (exact) mass is 386 g/mol. The lowest BCUT2D eigenvalue weighted by molar-refractivity contribution is 0.154. The van der Waals surface area contributed by atoms with Crippen molar-refractivity contribution in [1.29, 1.82) is 5.26 Å². The average molecular weight is 386 g/mol. The molecule has 1 heterocycles. The molecule has 1 unspecified atom stereocenters. The second-order valence-corrected chi connectivity index (χ2v) is 6.57. The van der Waals surface area contributed by atoms with E-state index in [1.807, 2.05) is 36.4 Å². The number of ether oxygens (including phenoxy) is 1. The number of nitriles is 1. The van der Waals surface area contributed by atoms with Gasteiger partial charge in [0, 0.05) is 11.3 Å². The van der Waals surface area contributed by atoms with Crippen molar-refractivity contribution in [2.24, 2.45) is 0 Å². The van der Waals surface area contributed by atoms with Crippen LogP contribution in [0.2, 0.25) is 0 Å². The van der Waals surface area contributed by atoms with E-state index in [0.717, 1.165) is 11.1 Å². The Morgan fingerprint density at radius 3 is 2.55 bits per heavy atom. The number of hydrogen-bond donors (Lipinski definition) is 1. The van der Waals surface area contributed by atoms with E-state index in [9.17, 15) is 0 Å². The minimum absolute atomic E-state index is 0.149. The van der Waals surface area contributed by atoms with Gasteiger partial charge in [0.1, 0.15) is 11.5 Å². The van der Waals surface area contributed by atoms with Crippen molar-refractivity contribution in [3.63, 3.8) is 0 Å². The van der Waals surface area contributed by atoms with E-state index in [4.69, 9.17) is 29.7 Å². The minimum atomic E-state index is -0.747. The van der Waals surface area contributed by atoms with Gasteiger partial charge in [-0.2, -0.15) is 5.26 Å². The smallest absolute Gasteiger partial charge is 0.457 e. The molecule has 0 spiro atoms. The Balaban J connectivity index is 1.36. The number of rotatable bonds is 6. The second kappa shape index (κ2) is 8.80. The van der Waals surface area contributed by atoms with Crippen LogP contribution in [0.1, 0.15) is 22.8 Å². The third-order valence-corrected chi connectivity index (χ3v) is 4.54. The fraction of sp³-hybridized carbons (Fsp3) is 0.136. The summed E-state index contributed by atoms with van der Waals surface area (Å²) < 4.78 is 23.0. The number of anilines is 1. The summed E-state index contributed by atoms with van der Waals surface area (Å²) in [4.78, 5) is 0. The first-order valence-electron chi connectivity index (χ1n) is 9.21. The number of benzene rings is 3. The van der Waals surface area contributed by atoms with Crippen LogP contribution in [0.5, 0.6) is 11.5 Å². The van der Waals surface area contributed by atoms with Crippen LogP contribution in [0.25, 0.3) is 0 Å². The first kappa shape index (κ1) is 19.0. The largest absolute Gasteiger partial charge is 0.640 e. The molecule has 0 aromatic heterocycles. The standard InChI is InChI=1S/C22H19BN2O4/c24-13-16-6-8-19(9-7-16)28-20-10-11-21(25)18(12-20)14-26-23-27-15-22(29-23)17-4-2-1-3-5-17/h1-12,22H,14-15,25H2. The third kappa shape index (κ3) is 4.76. The van der Waals surface area contributed by atoms with Gasteiger partial charge < -0.3 is 24.4 Å². The molecule has 2 N–H and O–H groups in total. The molecule has 3 aromatic carbocycles. The van der Waals surface area contributed by atoms with Gasteiger partial charge in [-0.25, -0.2) is 0 Å². The average Bonchev–Trinajstić information content (AvgIpc) is 3.24. The molecule has 144 valence electrons. The van der Waals surface area contributed by atoms with E-state index in [1.54, 1.807) is 36.4 Å². The van der Waals surface area contributed by atoms with Crippen molar-refractivity contribution in [1.82, 2.24) is 0 Å². The molecule has 0 aliphatic carbocycles. The molecule has 1 atom stereocenters. The topological polar surface area (TPSA) is 86.7 Å². The number of nitrogens with two attached hydrogens (primary N) is 1. The molecular weight excluding hydrogens is 367 g/mol. The highest BCUT2D eigenvalue weighted by molar-refractivity contribution is 6.37. The highest BCUT2D eigenvalue weighted by atomic mass is 16.8. The van der Waals surface area contributed by atoms with Crippen LogP contribution in [0, 0.1) is 11.3 Å². The van der Waals surface area contributed by atoms with Crippen LogP contribution in [0.3, 0.4) is 0 Å². The van der Waals surface area contributed by atoms with Crippen molar-refractivity contribution in [3.8, 4) is 17.6 Å². The molecule has 1 saturated heterocycles. The molecule has 0 saturated carbocycles. The van der Waals surface area contributed by atoms with E-state index in [1.165, 1.54) is 0 Å². The minimum Gasteiger partial charge on any atom is -0.457 e. The van der Waals surface area contributed by atoms with Crippen LogP contribution >= 0.6 is 0 Å². The van der Waals surface area contributed by atoms with Gasteiger partial charge in [0.2, 0.25) is 0 Å². The van der Waals surface area contributed by atoms with Crippen molar-refractivity contribution in [3.05, 3.63) is 89.5 Å². The van der Waals surface area contributed by atoms with E-state index >= 15 is 0 Å². The maximum absolute atomic E-state index is 8.88. The van der Waals surface area contributed by atoms with E-state index in [0.29, 0.717) is 29.4 Å². The van der Waals surface area contributed by atoms with Crippen molar-refractivity contribution in [2.45, 2.75) is 12.7 Å². The van der Waals surface area contributed by atoms with Crippen molar-refractivity contribution in [2.75, 3.05) is 12.3 Å². The number of hydrogen-bond acceptors (Lipinski definition) is 6. The zero-order chi connectivity index (χ0) is 20.1. The Hall–Kier alpha value is -3.31. The molecular formula is C22H19BN2O4. The molecule has 3 aromatic rings. The van der Waals surface area contributed by atoms with Gasteiger partial charge in [0.25, 0.3) is 0 Å². The fourth-order valence-corrected chi connectivity index (χ4v) is 2.97. The van der Waals surface area contributed by atoms with Gasteiger partial charge >= 0.3 is 7.32 Å². The summed E-state index contributed by atoms with van der Waals surface area (Å²) in [7, 11) is -0.747. The molecule has 7 heteroatoms. The van der Waals surface area contributed by atoms with E-state index < -0.39 is 7.32 Å². The second-order valence-electron chi connectivity index (χ2n) is 6.57. The quantitative estimate of drug-likeness (QED) is 0.504. The Bertz CT molecular complexity index is 1010. The Morgan fingerprint density at radius 2 is 1.79 bits per heavy atom. The van der Waals surface area contributed by atoms with E-state index in [2.05, 4.69) is 6.07 Å². The maximum Gasteiger partial charge on any atom is 0.640 e. The lowest BCUT2D eigenvalue weighted by atomic mass is 10.1. The zero-order valence-electron chi connectivity index (χ0n) is 15.7. The highest BCUT2D eigenvalue weighted by Gasteiger charge is 2.34. The molecule has 0 amide bonds. The van der Waals surface area contributed by atoms with Gasteiger partial charge in [0.15, 0.2) is 0 Å². The fourth-order valence-electron chi connectivity index (χ4n) is 2.97. The summed E-state index contributed by atoms with van der Waals surface area (Å²) in [6.07, 6.45) is -0.149. The lowest BCUT2D eigenvalue weighted by Gasteiger charge is -2.12. The van der Waals surface area contributed by atoms with Crippen molar-refractivity contribution >= 4 is 13.0 Å². The maximum atomic E-state index is 8.88. The van der Waals surface area contributed by atoms with Gasteiger partial charge in [-0.05, 0) is 48.0 Å². The van der Waals surface area contributed by atoms with E-state index in [-0.39, 0.29) is 12.7 Å². The predicted molar refractivity (Wildman–Crippen MR) is 109 cm³/mol. The molecule has 6 nitrogen and oxygen atoms in total. The lowest BCUT2D eigenvalue weighted by Crippen LogP contribution is -2.20. The highest BCUT2D eigenvalue weighted by Crippen LogP contribution is 2.28. The SMILES string of the molecule is N#Cc1ccc(Oc2ccc(N)c(COB3OCC(c4ccccc4)O3)c2)cc1. The summed E-state index contributed by atoms with van der Waals surface area (Å²) >= 11 is 0. The summed E-state index contributed by atoms with van der Waals surface area (Å²) in [6.45, 7) is 0.661. The van der Waals surface area contributed by atoms with Gasteiger partial charge in [-0.3, -0.25) is 0 Å². The Kier molecular flexibility index (Phi) is 5.77. The summed E-state index contributed by atoms with van der Waals surface area (Å²) in [5.41, 5.74) is 9.06. The van der Waals surface area contributed by atoms with Crippen LogP contribution in [-0.2, 0) is 20.6 Å². The van der Waals surface area contributed by atoms with Crippen LogP contribution < -0.4 is 10.5 Å². The summed E-state index contributed by atoms with van der Waals surface area (Å²) in [6, 6.07) is 24.2. The Labute approximate surface area is 169 Å². The molecule has 0 bridgehead atoms. The number of nitrogen functional groups attached to an aromatic ring is 1. The first-order valence-corrected chi connectivity index (χ1v) is 9.21. The number of nitrogens with zero attached hydrogens (tertiary/aromatic N) is 1.